The van der Waals surface area contributed by atoms with Crippen LogP contribution in [0.5, 0.6) is 0 Å². The maximum absolute atomic E-state index is 12.5. The van der Waals surface area contributed by atoms with Gasteiger partial charge in [-0.15, -0.1) is 0 Å². The first-order chi connectivity index (χ1) is 12.7. The molecule has 138 valence electrons. The number of piperidine rings is 1. The monoisotopic (exact) mass is 353 g/mol. The summed E-state index contributed by atoms with van der Waals surface area (Å²) in [5.41, 5.74) is 3.87. The summed E-state index contributed by atoms with van der Waals surface area (Å²) in [6.45, 7) is 1.58. The van der Waals surface area contributed by atoms with Crippen LogP contribution in [0.3, 0.4) is 0 Å². The molecule has 1 aromatic carbocycles. The van der Waals surface area contributed by atoms with Gasteiger partial charge in [0.15, 0.2) is 0 Å². The minimum atomic E-state index is -0.0702. The lowest BCUT2D eigenvalue weighted by Gasteiger charge is -2.41. The summed E-state index contributed by atoms with van der Waals surface area (Å²) in [6, 6.07) is 5.61. The minimum absolute atomic E-state index is 0.0546. The summed E-state index contributed by atoms with van der Waals surface area (Å²) in [5.74, 6) is -0.0155. The van der Waals surface area contributed by atoms with Crippen LogP contribution < -0.4 is 15.5 Å². The topological polar surface area (TPSA) is 61.4 Å². The van der Waals surface area contributed by atoms with Gasteiger partial charge in [-0.1, -0.05) is 11.6 Å². The minimum Gasteiger partial charge on any atom is -0.358 e. The predicted octanol–water partition coefficient (Wildman–Crippen LogP) is 3.62. The van der Waals surface area contributed by atoms with E-state index in [1.807, 2.05) is 18.2 Å². The summed E-state index contributed by atoms with van der Waals surface area (Å²) in [4.78, 5) is 27.0. The maximum Gasteiger partial charge on any atom is 0.251 e. The number of nitrogens with zero attached hydrogens (tertiary/aromatic N) is 1. The molecule has 3 aliphatic rings. The van der Waals surface area contributed by atoms with Crippen molar-refractivity contribution in [3.8, 4) is 0 Å². The SMILES string of the molecule is O=C(NCCC1=CCCCC1)c1ccc2c(c1)NC(=O)C1CCCCN21. The molecular weight excluding hydrogens is 326 g/mol. The molecule has 2 heterocycles. The highest BCUT2D eigenvalue weighted by Gasteiger charge is 2.34. The summed E-state index contributed by atoms with van der Waals surface area (Å²) in [6.07, 6.45) is 11.3. The zero-order chi connectivity index (χ0) is 17.9. The Morgan fingerprint density at radius 1 is 1.23 bits per heavy atom. The number of hydrogen-bond donors (Lipinski definition) is 2. The van der Waals surface area contributed by atoms with Gasteiger partial charge in [0.2, 0.25) is 5.91 Å². The van der Waals surface area contributed by atoms with Gasteiger partial charge in [-0.25, -0.2) is 0 Å². The molecule has 1 unspecified atom stereocenters. The lowest BCUT2D eigenvalue weighted by atomic mass is 9.96. The van der Waals surface area contributed by atoms with Crippen LogP contribution in [0, 0.1) is 0 Å². The first-order valence-electron chi connectivity index (χ1n) is 9.90. The third-order valence-electron chi connectivity index (χ3n) is 5.75. The quantitative estimate of drug-likeness (QED) is 0.813. The molecule has 1 aromatic rings. The van der Waals surface area contributed by atoms with E-state index in [1.54, 1.807) is 0 Å². The van der Waals surface area contributed by atoms with Gasteiger partial charge in [-0.05, 0) is 69.6 Å². The summed E-state index contributed by atoms with van der Waals surface area (Å²) < 4.78 is 0. The molecule has 2 aliphatic heterocycles. The van der Waals surface area contributed by atoms with Crippen molar-refractivity contribution in [3.63, 3.8) is 0 Å². The van der Waals surface area contributed by atoms with Crippen molar-refractivity contribution in [2.45, 2.75) is 57.4 Å². The lowest BCUT2D eigenvalue weighted by molar-refractivity contribution is -0.118. The lowest BCUT2D eigenvalue weighted by Crippen LogP contribution is -2.50. The van der Waals surface area contributed by atoms with E-state index in [9.17, 15) is 9.59 Å². The fourth-order valence-corrected chi connectivity index (χ4v) is 4.31. The van der Waals surface area contributed by atoms with Crippen molar-refractivity contribution in [1.29, 1.82) is 0 Å². The third-order valence-corrected chi connectivity index (χ3v) is 5.75. The number of allylic oxidation sites excluding steroid dienone is 1. The van der Waals surface area contributed by atoms with E-state index in [0.717, 1.165) is 50.0 Å². The van der Waals surface area contributed by atoms with E-state index in [1.165, 1.54) is 24.8 Å². The van der Waals surface area contributed by atoms with Crippen molar-refractivity contribution < 1.29 is 9.59 Å². The standard InChI is InChI=1S/C21H27N3O2/c25-20(22-12-11-15-6-2-1-3-7-15)16-9-10-18-17(14-16)23-21(26)19-8-4-5-13-24(18)19/h6,9-10,14,19H,1-5,7-8,11-13H2,(H,22,25)(H,23,26). The van der Waals surface area contributed by atoms with E-state index in [2.05, 4.69) is 21.6 Å². The predicted molar refractivity (Wildman–Crippen MR) is 104 cm³/mol. The van der Waals surface area contributed by atoms with Crippen LogP contribution >= 0.6 is 0 Å². The number of hydrogen-bond acceptors (Lipinski definition) is 3. The van der Waals surface area contributed by atoms with E-state index in [0.29, 0.717) is 12.1 Å². The highest BCUT2D eigenvalue weighted by Crippen LogP contribution is 2.36. The molecule has 2 N–H and O–H groups in total. The van der Waals surface area contributed by atoms with Gasteiger partial charge in [-0.3, -0.25) is 9.59 Å². The number of carbonyl (C=O) groups excluding carboxylic acids is 2. The van der Waals surface area contributed by atoms with Crippen LogP contribution in [0.15, 0.2) is 29.8 Å². The zero-order valence-electron chi connectivity index (χ0n) is 15.2. The third kappa shape index (κ3) is 3.48. The van der Waals surface area contributed by atoms with Gasteiger partial charge in [0, 0.05) is 18.7 Å². The smallest absolute Gasteiger partial charge is 0.251 e. The highest BCUT2D eigenvalue weighted by molar-refractivity contribution is 6.05. The Kier molecular flexibility index (Phi) is 4.96. The van der Waals surface area contributed by atoms with Gasteiger partial charge >= 0.3 is 0 Å². The second-order valence-corrected chi connectivity index (χ2v) is 7.54. The van der Waals surface area contributed by atoms with Crippen molar-refractivity contribution in [2.24, 2.45) is 0 Å². The molecule has 0 radical (unpaired) electrons. The second-order valence-electron chi connectivity index (χ2n) is 7.54. The van der Waals surface area contributed by atoms with Crippen molar-refractivity contribution in [1.82, 2.24) is 5.32 Å². The number of carbonyl (C=O) groups is 2. The van der Waals surface area contributed by atoms with Crippen LogP contribution in [-0.2, 0) is 4.79 Å². The Bertz CT molecular complexity index is 741. The number of benzene rings is 1. The summed E-state index contributed by atoms with van der Waals surface area (Å²) >= 11 is 0. The Hall–Kier alpha value is -2.30. The molecule has 1 atom stereocenters. The maximum atomic E-state index is 12.5. The van der Waals surface area contributed by atoms with Gasteiger partial charge < -0.3 is 15.5 Å². The van der Waals surface area contributed by atoms with Crippen LogP contribution in [0.2, 0.25) is 0 Å². The summed E-state index contributed by atoms with van der Waals surface area (Å²) in [7, 11) is 0. The molecule has 1 aliphatic carbocycles. The van der Waals surface area contributed by atoms with E-state index < -0.39 is 0 Å². The Morgan fingerprint density at radius 2 is 2.15 bits per heavy atom. The molecule has 1 saturated heterocycles. The normalized spacial score (nSPS) is 22.0. The van der Waals surface area contributed by atoms with Crippen LogP contribution in [0.4, 0.5) is 11.4 Å². The van der Waals surface area contributed by atoms with E-state index >= 15 is 0 Å². The first-order valence-corrected chi connectivity index (χ1v) is 9.90. The molecule has 0 aromatic heterocycles. The molecule has 1 fully saturated rings. The second kappa shape index (κ2) is 7.52. The van der Waals surface area contributed by atoms with Gasteiger partial charge in [0.05, 0.1) is 11.4 Å². The van der Waals surface area contributed by atoms with Crippen LogP contribution in [0.1, 0.15) is 61.7 Å². The average molecular weight is 353 g/mol. The van der Waals surface area contributed by atoms with Crippen molar-refractivity contribution >= 4 is 23.2 Å². The van der Waals surface area contributed by atoms with Gasteiger partial charge in [0.25, 0.3) is 5.91 Å². The van der Waals surface area contributed by atoms with Crippen molar-refractivity contribution in [3.05, 3.63) is 35.4 Å². The fraction of sp³-hybridized carbons (Fsp3) is 0.524. The van der Waals surface area contributed by atoms with Gasteiger partial charge in [0.1, 0.15) is 6.04 Å². The van der Waals surface area contributed by atoms with Gasteiger partial charge in [-0.2, -0.15) is 0 Å². The number of rotatable bonds is 4. The number of fused-ring (bicyclic) bond motifs is 3. The molecule has 0 spiro atoms. The molecule has 5 nitrogen and oxygen atoms in total. The Labute approximate surface area is 154 Å². The number of amides is 2. The number of anilines is 2. The molecule has 0 saturated carbocycles. The highest BCUT2D eigenvalue weighted by atomic mass is 16.2. The molecule has 5 heteroatoms. The molecular formula is C21H27N3O2. The largest absolute Gasteiger partial charge is 0.358 e. The van der Waals surface area contributed by atoms with E-state index in [-0.39, 0.29) is 17.9 Å². The molecule has 26 heavy (non-hydrogen) atoms. The molecule has 0 bridgehead atoms. The molecule has 2 amide bonds. The van der Waals surface area contributed by atoms with Crippen LogP contribution in [-0.4, -0.2) is 30.9 Å². The van der Waals surface area contributed by atoms with E-state index in [4.69, 9.17) is 0 Å². The number of nitrogens with one attached hydrogen (secondary N) is 2. The Balaban J connectivity index is 1.42. The summed E-state index contributed by atoms with van der Waals surface area (Å²) in [5, 5.41) is 6.01. The first kappa shape index (κ1) is 17.1. The van der Waals surface area contributed by atoms with Crippen LogP contribution in [0.25, 0.3) is 0 Å². The average Bonchev–Trinajstić information content (AvgIpc) is 2.68. The Morgan fingerprint density at radius 3 is 3.00 bits per heavy atom. The zero-order valence-corrected chi connectivity index (χ0v) is 15.2. The fourth-order valence-electron chi connectivity index (χ4n) is 4.31. The van der Waals surface area contributed by atoms with Crippen molar-refractivity contribution in [2.75, 3.05) is 23.3 Å². The molecule has 4 rings (SSSR count).